The van der Waals surface area contributed by atoms with Gasteiger partial charge in [0.1, 0.15) is 11.4 Å². The molecule has 1 aromatic carbocycles. The molecule has 3 N–H and O–H groups in total. The fourth-order valence-corrected chi connectivity index (χ4v) is 1.30. The molecular weight excluding hydrogens is 280 g/mol. The van der Waals surface area contributed by atoms with Gasteiger partial charge in [-0.1, -0.05) is 0 Å². The Kier molecular flexibility index (Phi) is 4.07. The Bertz CT molecular complexity index is 553. The summed E-state index contributed by atoms with van der Waals surface area (Å²) in [5.41, 5.74) is 1.61. The van der Waals surface area contributed by atoms with E-state index in [4.69, 9.17) is 5.73 Å². The summed E-state index contributed by atoms with van der Waals surface area (Å²) in [7, 11) is 0. The van der Waals surface area contributed by atoms with Gasteiger partial charge in [-0.25, -0.2) is 4.39 Å². The normalized spacial score (nSPS) is 12.1. The zero-order valence-electron chi connectivity index (χ0n) is 10.6. The monoisotopic (exact) mass is 292 g/mol. The molecular formula is C12H12F4N2O2. The zero-order chi connectivity index (χ0) is 15.7. The lowest BCUT2D eigenvalue weighted by atomic mass is 10.0. The number of hydrogen-bond donors (Lipinski definition) is 2. The molecule has 4 nitrogen and oxygen atoms in total. The van der Waals surface area contributed by atoms with Crippen molar-refractivity contribution in [1.29, 1.82) is 0 Å². The van der Waals surface area contributed by atoms with Gasteiger partial charge in [0.25, 0.3) is 5.91 Å². The van der Waals surface area contributed by atoms with E-state index < -0.39 is 40.5 Å². The predicted octanol–water partition coefficient (Wildman–Crippen LogP) is 1.84. The highest BCUT2D eigenvalue weighted by molar-refractivity contribution is 5.98. The second-order valence-electron chi connectivity index (χ2n) is 4.64. The van der Waals surface area contributed by atoms with Gasteiger partial charge in [-0.2, -0.15) is 13.2 Å². The molecule has 0 fully saturated rings. The summed E-state index contributed by atoms with van der Waals surface area (Å²) in [5, 5.41) is 2.17. The van der Waals surface area contributed by atoms with Gasteiger partial charge in [-0.05, 0) is 32.0 Å². The average Bonchev–Trinajstić information content (AvgIpc) is 2.26. The molecule has 2 amide bonds. The van der Waals surface area contributed by atoms with Crippen molar-refractivity contribution < 1.29 is 27.2 Å². The SMILES string of the molecule is CC(C)(NC(=O)c1ccc(F)c(C(F)(F)F)c1)C(N)=O. The molecule has 0 saturated carbocycles. The predicted molar refractivity (Wildman–Crippen MR) is 62.1 cm³/mol. The number of amides is 2. The lowest BCUT2D eigenvalue weighted by Gasteiger charge is -2.22. The standard InChI is InChI=1S/C12H12F4N2O2/c1-11(2,10(17)20)18-9(19)6-3-4-8(13)7(5-6)12(14,15)16/h3-5H,1-2H3,(H2,17,20)(H,18,19). The van der Waals surface area contributed by atoms with E-state index in [9.17, 15) is 27.2 Å². The van der Waals surface area contributed by atoms with Crippen LogP contribution in [0.2, 0.25) is 0 Å². The minimum atomic E-state index is -4.92. The Labute approximate surface area is 111 Å². The largest absolute Gasteiger partial charge is 0.419 e. The molecule has 8 heteroatoms. The summed E-state index contributed by atoms with van der Waals surface area (Å²) in [6.45, 7) is 2.59. The molecule has 0 aliphatic rings. The second kappa shape index (κ2) is 5.10. The lowest BCUT2D eigenvalue weighted by molar-refractivity contribution is -0.140. The van der Waals surface area contributed by atoms with Crippen molar-refractivity contribution in [2.45, 2.75) is 25.6 Å². The fraction of sp³-hybridized carbons (Fsp3) is 0.333. The maximum atomic E-state index is 13.1. The van der Waals surface area contributed by atoms with E-state index in [0.717, 1.165) is 6.07 Å². The van der Waals surface area contributed by atoms with E-state index in [1.807, 2.05) is 0 Å². The van der Waals surface area contributed by atoms with Gasteiger partial charge < -0.3 is 11.1 Å². The van der Waals surface area contributed by atoms with Crippen LogP contribution in [0.1, 0.15) is 29.8 Å². The Morgan fingerprint density at radius 1 is 1.20 bits per heavy atom. The Morgan fingerprint density at radius 2 is 1.75 bits per heavy atom. The van der Waals surface area contributed by atoms with E-state index in [1.54, 1.807) is 0 Å². The van der Waals surface area contributed by atoms with Gasteiger partial charge in [0, 0.05) is 5.56 Å². The third-order valence-corrected chi connectivity index (χ3v) is 2.58. The summed E-state index contributed by atoms with van der Waals surface area (Å²) in [6, 6.07) is 1.80. The molecule has 20 heavy (non-hydrogen) atoms. The molecule has 0 radical (unpaired) electrons. The Balaban J connectivity index is 3.10. The quantitative estimate of drug-likeness (QED) is 0.834. The van der Waals surface area contributed by atoms with E-state index in [2.05, 4.69) is 5.32 Å². The number of carbonyl (C=O) groups is 2. The summed E-state index contributed by atoms with van der Waals surface area (Å²) < 4.78 is 50.6. The molecule has 0 aromatic heterocycles. The van der Waals surface area contributed by atoms with Crippen molar-refractivity contribution in [2.75, 3.05) is 0 Å². The van der Waals surface area contributed by atoms with Crippen molar-refractivity contribution in [3.63, 3.8) is 0 Å². The molecule has 0 saturated heterocycles. The van der Waals surface area contributed by atoms with Gasteiger partial charge in [-0.3, -0.25) is 9.59 Å². The van der Waals surface area contributed by atoms with Gasteiger partial charge in [0.05, 0.1) is 5.56 Å². The fourth-order valence-electron chi connectivity index (χ4n) is 1.30. The van der Waals surface area contributed by atoms with Crippen LogP contribution >= 0.6 is 0 Å². The highest BCUT2D eigenvalue weighted by Gasteiger charge is 2.35. The van der Waals surface area contributed by atoms with Gasteiger partial charge in [0.2, 0.25) is 5.91 Å². The van der Waals surface area contributed by atoms with Crippen LogP contribution in [-0.2, 0) is 11.0 Å². The van der Waals surface area contributed by atoms with Crippen molar-refractivity contribution >= 4 is 11.8 Å². The number of halogens is 4. The minimum Gasteiger partial charge on any atom is -0.368 e. The molecule has 1 aromatic rings. The van der Waals surface area contributed by atoms with E-state index >= 15 is 0 Å². The van der Waals surface area contributed by atoms with Crippen LogP contribution in [0.3, 0.4) is 0 Å². The van der Waals surface area contributed by atoms with Crippen molar-refractivity contribution in [1.82, 2.24) is 5.32 Å². The summed E-state index contributed by atoms with van der Waals surface area (Å²) in [5.74, 6) is -3.30. The summed E-state index contributed by atoms with van der Waals surface area (Å²) in [6.07, 6.45) is -4.92. The minimum absolute atomic E-state index is 0.377. The van der Waals surface area contributed by atoms with Crippen LogP contribution < -0.4 is 11.1 Å². The van der Waals surface area contributed by atoms with Gasteiger partial charge in [-0.15, -0.1) is 0 Å². The maximum Gasteiger partial charge on any atom is 0.419 e. The first-order chi connectivity index (χ1) is 8.95. The zero-order valence-corrected chi connectivity index (χ0v) is 10.6. The third-order valence-electron chi connectivity index (χ3n) is 2.58. The number of nitrogens with two attached hydrogens (primary N) is 1. The molecule has 110 valence electrons. The Morgan fingerprint density at radius 3 is 2.20 bits per heavy atom. The van der Waals surface area contributed by atoms with Crippen LogP contribution in [0.25, 0.3) is 0 Å². The maximum absolute atomic E-state index is 13.1. The number of nitrogens with one attached hydrogen (secondary N) is 1. The first kappa shape index (κ1) is 15.9. The van der Waals surface area contributed by atoms with E-state index in [1.165, 1.54) is 13.8 Å². The second-order valence-corrected chi connectivity index (χ2v) is 4.64. The van der Waals surface area contributed by atoms with E-state index in [-0.39, 0.29) is 0 Å². The summed E-state index contributed by atoms with van der Waals surface area (Å²) in [4.78, 5) is 22.8. The number of rotatable bonds is 3. The van der Waals surface area contributed by atoms with Crippen LogP contribution in [0, 0.1) is 5.82 Å². The first-order valence-corrected chi connectivity index (χ1v) is 5.44. The number of hydrogen-bond acceptors (Lipinski definition) is 2. The van der Waals surface area contributed by atoms with Crippen LogP contribution in [-0.4, -0.2) is 17.4 Å². The highest BCUT2D eigenvalue weighted by atomic mass is 19.4. The van der Waals surface area contributed by atoms with Crippen LogP contribution in [0.15, 0.2) is 18.2 Å². The Hall–Kier alpha value is -2.12. The van der Waals surface area contributed by atoms with Crippen molar-refractivity contribution in [3.05, 3.63) is 35.1 Å². The molecule has 0 bridgehead atoms. The molecule has 0 heterocycles. The molecule has 1 rings (SSSR count). The van der Waals surface area contributed by atoms with Gasteiger partial charge in [0.15, 0.2) is 0 Å². The molecule has 0 atom stereocenters. The number of benzene rings is 1. The number of carbonyl (C=O) groups excluding carboxylic acids is 2. The molecule has 0 aliphatic heterocycles. The topological polar surface area (TPSA) is 72.2 Å². The summed E-state index contributed by atoms with van der Waals surface area (Å²) >= 11 is 0. The third kappa shape index (κ3) is 3.46. The van der Waals surface area contributed by atoms with E-state index in [0.29, 0.717) is 12.1 Å². The molecule has 0 unspecified atom stereocenters. The number of alkyl halides is 3. The average molecular weight is 292 g/mol. The van der Waals surface area contributed by atoms with Gasteiger partial charge >= 0.3 is 6.18 Å². The molecule has 0 spiro atoms. The van der Waals surface area contributed by atoms with Crippen molar-refractivity contribution in [3.8, 4) is 0 Å². The van der Waals surface area contributed by atoms with Crippen LogP contribution in [0.5, 0.6) is 0 Å². The smallest absolute Gasteiger partial charge is 0.368 e. The lowest BCUT2D eigenvalue weighted by Crippen LogP contribution is -2.53. The van der Waals surface area contributed by atoms with Crippen molar-refractivity contribution in [2.24, 2.45) is 5.73 Å². The highest BCUT2D eigenvalue weighted by Crippen LogP contribution is 2.31. The molecule has 0 aliphatic carbocycles. The van der Waals surface area contributed by atoms with Crippen LogP contribution in [0.4, 0.5) is 17.6 Å². The number of primary amides is 1. The first-order valence-electron chi connectivity index (χ1n) is 5.44.